The molecule has 0 saturated carbocycles. The summed E-state index contributed by atoms with van der Waals surface area (Å²) in [5.74, 6) is -1.11. The van der Waals surface area contributed by atoms with Crippen LogP contribution in [-0.2, 0) is 10.1 Å². The maximum atomic E-state index is 10.0. The zero-order chi connectivity index (χ0) is 8.41. The Kier molecular flexibility index (Phi) is 7.65. The van der Waals surface area contributed by atoms with Gasteiger partial charge in [-0.2, -0.15) is 0 Å². The van der Waals surface area contributed by atoms with E-state index in [4.69, 9.17) is 16.7 Å². The van der Waals surface area contributed by atoms with Crippen molar-refractivity contribution in [3.63, 3.8) is 0 Å². The second kappa shape index (κ2) is 5.51. The molecular weight excluding hydrogens is 219 g/mol. The van der Waals surface area contributed by atoms with Gasteiger partial charge in [-0.3, -0.25) is 0 Å². The van der Waals surface area contributed by atoms with Gasteiger partial charge < -0.3 is 9.66 Å². The molecular formula is C4H8ClKO4S. The molecule has 0 aliphatic carbocycles. The minimum Gasteiger partial charge on any atom is -0.748 e. The van der Waals surface area contributed by atoms with Crippen molar-refractivity contribution >= 4 is 21.7 Å². The molecule has 1 unspecified atom stereocenters. The third-order valence-corrected chi connectivity index (χ3v) is 2.33. The summed E-state index contributed by atoms with van der Waals surface area (Å²) in [6, 6.07) is 0. The zero-order valence-electron chi connectivity index (χ0n) is 6.37. The molecule has 0 bridgehead atoms. The first-order valence-electron chi connectivity index (χ1n) is 2.49. The summed E-state index contributed by atoms with van der Waals surface area (Å²) in [6.45, 7) is 1.19. The van der Waals surface area contributed by atoms with Crippen molar-refractivity contribution in [2.75, 3.05) is 11.6 Å². The normalized spacial score (nSPS) is 16.7. The van der Waals surface area contributed by atoms with Gasteiger partial charge >= 0.3 is 51.4 Å². The second-order valence-electron chi connectivity index (χ2n) is 2.33. The maximum absolute atomic E-state index is 10.0. The molecule has 1 N–H and O–H groups in total. The van der Waals surface area contributed by atoms with E-state index in [0.717, 1.165) is 0 Å². The molecule has 0 aromatic heterocycles. The van der Waals surface area contributed by atoms with E-state index in [-0.39, 0.29) is 57.3 Å². The van der Waals surface area contributed by atoms with Crippen LogP contribution >= 0.6 is 11.6 Å². The Hall–Kier alpha value is 1.80. The molecule has 7 heteroatoms. The Bertz CT molecular complexity index is 200. The molecule has 0 spiro atoms. The van der Waals surface area contributed by atoms with Gasteiger partial charge in [0.1, 0.15) is 0 Å². The van der Waals surface area contributed by atoms with Gasteiger partial charge in [0.25, 0.3) is 0 Å². The molecule has 62 valence electrons. The maximum Gasteiger partial charge on any atom is 1.00 e. The van der Waals surface area contributed by atoms with Crippen LogP contribution in [0.3, 0.4) is 0 Å². The number of rotatable bonds is 3. The van der Waals surface area contributed by atoms with Gasteiger partial charge in [-0.1, -0.05) is 0 Å². The van der Waals surface area contributed by atoms with Crippen molar-refractivity contribution in [1.82, 2.24) is 0 Å². The van der Waals surface area contributed by atoms with E-state index in [1.165, 1.54) is 6.92 Å². The van der Waals surface area contributed by atoms with Crippen LogP contribution < -0.4 is 51.4 Å². The first-order chi connectivity index (χ1) is 4.27. The molecule has 0 aliphatic heterocycles. The predicted molar refractivity (Wildman–Crippen MR) is 35.9 cm³/mol. The van der Waals surface area contributed by atoms with Crippen LogP contribution in [0.2, 0.25) is 0 Å². The van der Waals surface area contributed by atoms with Gasteiger partial charge in [0.2, 0.25) is 0 Å². The summed E-state index contributed by atoms with van der Waals surface area (Å²) in [5, 5.41) is 8.95. The minimum absolute atomic E-state index is 0. The van der Waals surface area contributed by atoms with E-state index in [2.05, 4.69) is 0 Å². The summed E-state index contributed by atoms with van der Waals surface area (Å²) in [6.07, 6.45) is 0. The van der Waals surface area contributed by atoms with E-state index >= 15 is 0 Å². The fourth-order valence-corrected chi connectivity index (χ4v) is 1.49. The molecule has 0 rings (SSSR count). The number of halogens is 1. The summed E-state index contributed by atoms with van der Waals surface area (Å²) >= 11 is 5.15. The molecule has 0 fully saturated rings. The Labute approximate surface area is 113 Å². The summed E-state index contributed by atoms with van der Waals surface area (Å²) in [5.41, 5.74) is -1.61. The largest absolute Gasteiger partial charge is 1.00 e. The zero-order valence-corrected chi connectivity index (χ0v) is 11.1. The Morgan fingerprint density at radius 3 is 2.09 bits per heavy atom. The molecule has 0 aromatic rings. The summed E-state index contributed by atoms with van der Waals surface area (Å²) in [7, 11) is -4.38. The van der Waals surface area contributed by atoms with Crippen LogP contribution in [-0.4, -0.2) is 35.3 Å². The molecule has 0 saturated heterocycles. The average molecular weight is 227 g/mol. The average Bonchev–Trinajstić information content (AvgIpc) is 1.60. The number of hydrogen-bond donors (Lipinski definition) is 1. The van der Waals surface area contributed by atoms with E-state index < -0.39 is 21.5 Å². The minimum atomic E-state index is -4.38. The molecule has 11 heavy (non-hydrogen) atoms. The molecule has 0 aliphatic rings. The number of aliphatic hydroxyl groups is 1. The van der Waals surface area contributed by atoms with Crippen LogP contribution in [0.25, 0.3) is 0 Å². The smallest absolute Gasteiger partial charge is 0.748 e. The summed E-state index contributed by atoms with van der Waals surface area (Å²) in [4.78, 5) is 0. The van der Waals surface area contributed by atoms with E-state index in [9.17, 15) is 13.0 Å². The Morgan fingerprint density at radius 1 is 1.64 bits per heavy atom. The van der Waals surface area contributed by atoms with Gasteiger partial charge in [-0.05, 0) is 6.92 Å². The van der Waals surface area contributed by atoms with Crippen molar-refractivity contribution in [3.8, 4) is 0 Å². The molecule has 0 amide bonds. The van der Waals surface area contributed by atoms with Crippen molar-refractivity contribution in [3.05, 3.63) is 0 Å². The van der Waals surface area contributed by atoms with Crippen LogP contribution in [0.1, 0.15) is 6.92 Å². The van der Waals surface area contributed by atoms with Crippen LogP contribution in [0.4, 0.5) is 0 Å². The molecule has 0 heterocycles. The van der Waals surface area contributed by atoms with E-state index in [1.807, 2.05) is 0 Å². The van der Waals surface area contributed by atoms with Crippen LogP contribution in [0.5, 0.6) is 0 Å². The SMILES string of the molecule is CC(O)(CCl)CS(=O)(=O)[O-].[K+]. The van der Waals surface area contributed by atoms with Crippen molar-refractivity contribution < 1.29 is 69.5 Å². The summed E-state index contributed by atoms with van der Waals surface area (Å²) < 4.78 is 30.1. The van der Waals surface area contributed by atoms with Crippen LogP contribution in [0.15, 0.2) is 0 Å². The number of alkyl halides is 1. The third-order valence-electron chi connectivity index (χ3n) is 0.776. The van der Waals surface area contributed by atoms with E-state index in [0.29, 0.717) is 0 Å². The quantitative estimate of drug-likeness (QED) is 0.308. The van der Waals surface area contributed by atoms with E-state index in [1.54, 1.807) is 0 Å². The first kappa shape index (κ1) is 15.3. The monoisotopic (exact) mass is 226 g/mol. The Balaban J connectivity index is 0. The third kappa shape index (κ3) is 9.71. The van der Waals surface area contributed by atoms with Crippen LogP contribution in [0, 0.1) is 0 Å². The van der Waals surface area contributed by atoms with Crippen molar-refractivity contribution in [2.45, 2.75) is 12.5 Å². The fourth-order valence-electron chi connectivity index (χ4n) is 0.419. The van der Waals surface area contributed by atoms with Gasteiger partial charge in [-0.25, -0.2) is 8.42 Å². The Morgan fingerprint density at radius 2 is 2.00 bits per heavy atom. The predicted octanol–water partition coefficient (Wildman–Crippen LogP) is -3.47. The molecule has 0 radical (unpaired) electrons. The molecule has 1 atom stereocenters. The van der Waals surface area contributed by atoms with Crippen molar-refractivity contribution in [1.29, 1.82) is 0 Å². The van der Waals surface area contributed by atoms with Gasteiger partial charge in [0.05, 0.1) is 27.4 Å². The van der Waals surface area contributed by atoms with Gasteiger partial charge in [-0.15, -0.1) is 11.6 Å². The standard InChI is InChI=1S/C4H9ClO4S.K/c1-4(6,2-5)3-10(7,8)9;/h6H,2-3H2,1H3,(H,7,8,9);/q;+1/p-1. The number of hydrogen-bond acceptors (Lipinski definition) is 4. The fraction of sp³-hybridized carbons (Fsp3) is 1.00. The second-order valence-corrected chi connectivity index (χ2v) is 4.00. The first-order valence-corrected chi connectivity index (χ1v) is 4.60. The van der Waals surface area contributed by atoms with Gasteiger partial charge in [0, 0.05) is 0 Å². The topological polar surface area (TPSA) is 77.4 Å². The molecule has 4 nitrogen and oxygen atoms in total. The van der Waals surface area contributed by atoms with Crippen molar-refractivity contribution in [2.24, 2.45) is 0 Å². The molecule has 0 aromatic carbocycles. The van der Waals surface area contributed by atoms with Gasteiger partial charge in [0.15, 0.2) is 0 Å².